The molecule has 2 aromatic rings. The second-order valence-electron chi connectivity index (χ2n) is 6.38. The number of ether oxygens (including phenoxy) is 2. The molecular weight excluding hydrogens is 312 g/mol. The predicted molar refractivity (Wildman–Crippen MR) is 102 cm³/mol. The van der Waals surface area contributed by atoms with Gasteiger partial charge in [-0.1, -0.05) is 32.1 Å². The summed E-state index contributed by atoms with van der Waals surface area (Å²) in [4.78, 5) is 13.2. The fourth-order valence-corrected chi connectivity index (χ4v) is 2.94. The van der Waals surface area contributed by atoms with E-state index in [1.54, 1.807) is 14.2 Å². The molecule has 25 heavy (non-hydrogen) atoms. The standard InChI is InChI=1S/C22H26O3/c1-6-7-19(15(2)3)22(23)20-13-12-18(25-5)14-21(20)16-8-10-17(24-4)11-9-16/h6,8-15,19H,1,7H2,2-5H3/t19-/m0/s1. The zero-order chi connectivity index (χ0) is 18.4. The average molecular weight is 338 g/mol. The minimum absolute atomic E-state index is 0.0807. The second kappa shape index (κ2) is 8.52. The third-order valence-corrected chi connectivity index (χ3v) is 4.46. The molecule has 0 bridgehead atoms. The number of rotatable bonds is 8. The number of carbonyl (C=O) groups is 1. The first-order chi connectivity index (χ1) is 12.0. The van der Waals surface area contributed by atoms with Gasteiger partial charge in [0.2, 0.25) is 0 Å². The second-order valence-corrected chi connectivity index (χ2v) is 6.38. The zero-order valence-corrected chi connectivity index (χ0v) is 15.4. The van der Waals surface area contributed by atoms with Gasteiger partial charge in [0.05, 0.1) is 14.2 Å². The van der Waals surface area contributed by atoms with Gasteiger partial charge in [-0.25, -0.2) is 0 Å². The van der Waals surface area contributed by atoms with E-state index in [2.05, 4.69) is 20.4 Å². The van der Waals surface area contributed by atoms with Crippen molar-refractivity contribution in [2.45, 2.75) is 20.3 Å². The summed E-state index contributed by atoms with van der Waals surface area (Å²) in [5, 5.41) is 0. The van der Waals surface area contributed by atoms with Gasteiger partial charge in [0, 0.05) is 11.5 Å². The van der Waals surface area contributed by atoms with E-state index in [-0.39, 0.29) is 17.6 Å². The monoisotopic (exact) mass is 338 g/mol. The molecule has 0 aliphatic heterocycles. The SMILES string of the molecule is C=CC[C@H](C(=O)c1ccc(OC)cc1-c1ccc(OC)cc1)C(C)C. The van der Waals surface area contributed by atoms with Crippen LogP contribution in [0.4, 0.5) is 0 Å². The molecule has 132 valence electrons. The van der Waals surface area contributed by atoms with Crippen LogP contribution in [0.15, 0.2) is 55.1 Å². The number of allylic oxidation sites excluding steroid dienone is 1. The van der Waals surface area contributed by atoms with Crippen molar-refractivity contribution in [2.75, 3.05) is 14.2 Å². The van der Waals surface area contributed by atoms with Crippen LogP contribution >= 0.6 is 0 Å². The van der Waals surface area contributed by atoms with Crippen LogP contribution in [0, 0.1) is 11.8 Å². The van der Waals surface area contributed by atoms with Crippen LogP contribution in [0.25, 0.3) is 11.1 Å². The highest BCUT2D eigenvalue weighted by atomic mass is 16.5. The van der Waals surface area contributed by atoms with Crippen molar-refractivity contribution in [2.24, 2.45) is 11.8 Å². The Hall–Kier alpha value is -2.55. The highest BCUT2D eigenvalue weighted by Gasteiger charge is 2.25. The third kappa shape index (κ3) is 4.30. The number of hydrogen-bond donors (Lipinski definition) is 0. The van der Waals surface area contributed by atoms with Crippen LogP contribution in [0.1, 0.15) is 30.6 Å². The van der Waals surface area contributed by atoms with Crippen LogP contribution in [0.3, 0.4) is 0 Å². The normalized spacial score (nSPS) is 11.9. The summed E-state index contributed by atoms with van der Waals surface area (Å²) in [6.07, 6.45) is 2.49. The summed E-state index contributed by atoms with van der Waals surface area (Å²) in [7, 11) is 3.27. The zero-order valence-electron chi connectivity index (χ0n) is 15.4. The molecule has 0 aromatic heterocycles. The lowest BCUT2D eigenvalue weighted by Gasteiger charge is -2.20. The van der Waals surface area contributed by atoms with Crippen LogP contribution in [0.2, 0.25) is 0 Å². The Labute approximate surface area is 150 Å². The van der Waals surface area contributed by atoms with Crippen molar-refractivity contribution < 1.29 is 14.3 Å². The van der Waals surface area contributed by atoms with Crippen LogP contribution in [0.5, 0.6) is 11.5 Å². The van der Waals surface area contributed by atoms with E-state index in [1.165, 1.54) is 0 Å². The van der Waals surface area contributed by atoms with Crippen molar-refractivity contribution >= 4 is 5.78 Å². The lowest BCUT2D eigenvalue weighted by atomic mass is 9.83. The van der Waals surface area contributed by atoms with Gasteiger partial charge >= 0.3 is 0 Å². The molecule has 0 N–H and O–H groups in total. The number of carbonyl (C=O) groups excluding carboxylic acids is 1. The topological polar surface area (TPSA) is 35.5 Å². The Morgan fingerprint density at radius 2 is 1.64 bits per heavy atom. The molecule has 0 spiro atoms. The number of Topliss-reactive ketones (excluding diaryl/α,β-unsaturated/α-hetero) is 1. The molecule has 0 heterocycles. The number of methoxy groups -OCH3 is 2. The fourth-order valence-electron chi connectivity index (χ4n) is 2.94. The Morgan fingerprint density at radius 1 is 1.04 bits per heavy atom. The van der Waals surface area contributed by atoms with E-state index < -0.39 is 0 Å². The molecule has 0 saturated heterocycles. The predicted octanol–water partition coefficient (Wildman–Crippen LogP) is 5.40. The first-order valence-corrected chi connectivity index (χ1v) is 8.49. The first-order valence-electron chi connectivity index (χ1n) is 8.49. The quantitative estimate of drug-likeness (QED) is 0.477. The van der Waals surface area contributed by atoms with Crippen molar-refractivity contribution in [3.63, 3.8) is 0 Å². The summed E-state index contributed by atoms with van der Waals surface area (Å²) >= 11 is 0. The number of ketones is 1. The molecule has 0 amide bonds. The molecule has 0 fully saturated rings. The maximum Gasteiger partial charge on any atom is 0.167 e. The maximum absolute atomic E-state index is 13.2. The largest absolute Gasteiger partial charge is 0.497 e. The van der Waals surface area contributed by atoms with Gasteiger partial charge in [-0.3, -0.25) is 4.79 Å². The van der Waals surface area contributed by atoms with Crippen molar-refractivity contribution in [3.05, 3.63) is 60.7 Å². The minimum atomic E-state index is -0.0807. The molecule has 0 aliphatic rings. The lowest BCUT2D eigenvalue weighted by molar-refractivity contribution is 0.0888. The van der Waals surface area contributed by atoms with Gasteiger partial charge in [-0.15, -0.1) is 6.58 Å². The molecule has 0 aliphatic carbocycles. The Morgan fingerprint density at radius 3 is 2.16 bits per heavy atom. The smallest absolute Gasteiger partial charge is 0.167 e. The molecule has 1 atom stereocenters. The van der Waals surface area contributed by atoms with E-state index in [0.717, 1.165) is 22.6 Å². The molecular formula is C22H26O3. The summed E-state index contributed by atoms with van der Waals surface area (Å²) < 4.78 is 10.6. The fraction of sp³-hybridized carbons (Fsp3) is 0.318. The molecule has 0 radical (unpaired) electrons. The highest BCUT2D eigenvalue weighted by molar-refractivity contribution is 6.04. The Bertz CT molecular complexity index is 729. The molecule has 3 heteroatoms. The first kappa shape index (κ1) is 18.8. The van der Waals surface area contributed by atoms with Gasteiger partial charge < -0.3 is 9.47 Å². The Balaban J connectivity index is 2.53. The van der Waals surface area contributed by atoms with Crippen molar-refractivity contribution in [3.8, 4) is 22.6 Å². The minimum Gasteiger partial charge on any atom is -0.497 e. The number of hydrogen-bond acceptors (Lipinski definition) is 3. The highest BCUT2D eigenvalue weighted by Crippen LogP contribution is 2.33. The third-order valence-electron chi connectivity index (χ3n) is 4.46. The van der Waals surface area contributed by atoms with Crippen LogP contribution < -0.4 is 9.47 Å². The lowest BCUT2D eigenvalue weighted by Crippen LogP contribution is -2.20. The van der Waals surface area contributed by atoms with Crippen molar-refractivity contribution in [1.82, 2.24) is 0 Å². The van der Waals surface area contributed by atoms with E-state index in [1.807, 2.05) is 48.5 Å². The Kier molecular flexibility index (Phi) is 6.40. The van der Waals surface area contributed by atoms with Gasteiger partial charge in [0.15, 0.2) is 5.78 Å². The molecule has 2 aromatic carbocycles. The summed E-state index contributed by atoms with van der Waals surface area (Å²) in [6, 6.07) is 13.3. The van der Waals surface area contributed by atoms with Crippen LogP contribution in [-0.2, 0) is 0 Å². The van der Waals surface area contributed by atoms with Gasteiger partial charge in [-0.05, 0) is 53.8 Å². The van der Waals surface area contributed by atoms with E-state index in [0.29, 0.717) is 12.0 Å². The molecule has 2 rings (SSSR count). The van der Waals surface area contributed by atoms with Gasteiger partial charge in [0.25, 0.3) is 0 Å². The van der Waals surface area contributed by atoms with E-state index in [9.17, 15) is 4.79 Å². The molecule has 0 unspecified atom stereocenters. The number of benzene rings is 2. The van der Waals surface area contributed by atoms with Gasteiger partial charge in [-0.2, -0.15) is 0 Å². The average Bonchev–Trinajstić information content (AvgIpc) is 2.64. The summed E-state index contributed by atoms with van der Waals surface area (Å²) in [5.74, 6) is 1.82. The molecule has 3 nitrogen and oxygen atoms in total. The van der Waals surface area contributed by atoms with E-state index >= 15 is 0 Å². The van der Waals surface area contributed by atoms with Crippen molar-refractivity contribution in [1.29, 1.82) is 0 Å². The molecule has 0 saturated carbocycles. The summed E-state index contributed by atoms with van der Waals surface area (Å²) in [5.41, 5.74) is 2.55. The maximum atomic E-state index is 13.2. The van der Waals surface area contributed by atoms with E-state index in [4.69, 9.17) is 9.47 Å². The summed E-state index contributed by atoms with van der Waals surface area (Å²) in [6.45, 7) is 7.94. The van der Waals surface area contributed by atoms with Gasteiger partial charge in [0.1, 0.15) is 11.5 Å². The van der Waals surface area contributed by atoms with Crippen LogP contribution in [-0.4, -0.2) is 20.0 Å².